The van der Waals surface area contributed by atoms with E-state index in [1.54, 1.807) is 29.7 Å². The van der Waals surface area contributed by atoms with Crippen LogP contribution < -0.4 is 4.90 Å². The highest BCUT2D eigenvalue weighted by Crippen LogP contribution is 2.37. The number of carboxylic acids is 1. The molecule has 1 aliphatic rings. The molecule has 1 N–H and O–H groups in total. The van der Waals surface area contributed by atoms with Crippen LogP contribution in [0.2, 0.25) is 0 Å². The van der Waals surface area contributed by atoms with Gasteiger partial charge in [0.05, 0.1) is 42.3 Å². The first-order chi connectivity index (χ1) is 20.7. The Kier molecular flexibility index (Phi) is 10.2. The third kappa shape index (κ3) is 7.69. The molecule has 1 aromatic carbocycles. The van der Waals surface area contributed by atoms with Gasteiger partial charge in [-0.2, -0.15) is 9.61 Å². The predicted octanol–water partition coefficient (Wildman–Crippen LogP) is 6.26. The van der Waals surface area contributed by atoms with E-state index in [2.05, 4.69) is 25.0 Å². The van der Waals surface area contributed by atoms with E-state index in [0.29, 0.717) is 78.5 Å². The number of anilines is 1. The van der Waals surface area contributed by atoms with E-state index < -0.39 is 29.3 Å². The highest BCUT2D eigenvalue weighted by Gasteiger charge is 2.37. The summed E-state index contributed by atoms with van der Waals surface area (Å²) in [6.45, 7) is 18.4. The Labute approximate surface area is 257 Å². The fourth-order valence-electron chi connectivity index (χ4n) is 5.40. The van der Waals surface area contributed by atoms with Crippen molar-refractivity contribution in [2.45, 2.75) is 84.4 Å². The van der Waals surface area contributed by atoms with Gasteiger partial charge < -0.3 is 24.2 Å². The van der Waals surface area contributed by atoms with E-state index in [-0.39, 0.29) is 18.8 Å². The summed E-state index contributed by atoms with van der Waals surface area (Å²) in [6.07, 6.45) is 3.85. The zero-order chi connectivity index (χ0) is 32.2. The minimum Gasteiger partial charge on any atom is -0.479 e. The lowest BCUT2D eigenvalue weighted by Gasteiger charge is -2.41. The number of nitrogens with zero attached hydrogens (tertiary/aromatic N) is 4. The van der Waals surface area contributed by atoms with E-state index in [4.69, 9.17) is 24.3 Å². The number of carbonyl (C=O) groups is 1. The number of rotatable bonds is 13. The third-order valence-electron chi connectivity index (χ3n) is 7.60. The molecule has 1 unspecified atom stereocenters. The zero-order valence-corrected chi connectivity index (χ0v) is 26.2. The van der Waals surface area contributed by atoms with Crippen LogP contribution >= 0.6 is 0 Å². The van der Waals surface area contributed by atoms with Gasteiger partial charge in [0.25, 0.3) is 0 Å². The monoisotopic (exact) mass is 612 g/mol. The molecule has 0 radical (unpaired) electrons. The predicted molar refractivity (Wildman–Crippen MR) is 164 cm³/mol. The van der Waals surface area contributed by atoms with E-state index in [0.717, 1.165) is 12.1 Å². The van der Waals surface area contributed by atoms with Crippen LogP contribution in [-0.2, 0) is 38.6 Å². The lowest BCUT2D eigenvalue weighted by Crippen LogP contribution is -2.45. The molecule has 1 atom stereocenters. The largest absolute Gasteiger partial charge is 0.479 e. The molecule has 1 aliphatic heterocycles. The SMILES string of the molecule is C=CCOC1(C)CCN(c2c(C(OC(C)(C)C)C(=O)O)c(C)nc3cc(COCc4cc(F)c(F)cc4CC=C)nn23)CC1. The summed E-state index contributed by atoms with van der Waals surface area (Å²) in [4.78, 5) is 19.4. The molecule has 238 valence electrons. The number of hydrogen-bond acceptors (Lipinski definition) is 7. The molecule has 0 amide bonds. The smallest absolute Gasteiger partial charge is 0.337 e. The number of aliphatic carboxylic acids is 1. The molecular weight excluding hydrogens is 570 g/mol. The van der Waals surface area contributed by atoms with Gasteiger partial charge in [-0.1, -0.05) is 12.2 Å². The van der Waals surface area contributed by atoms with E-state index >= 15 is 0 Å². The Morgan fingerprint density at radius 2 is 1.77 bits per heavy atom. The van der Waals surface area contributed by atoms with Gasteiger partial charge in [0, 0.05) is 24.8 Å². The molecule has 9 nitrogen and oxygen atoms in total. The van der Waals surface area contributed by atoms with Crippen molar-refractivity contribution in [2.75, 3.05) is 24.6 Å². The average molecular weight is 613 g/mol. The average Bonchev–Trinajstić information content (AvgIpc) is 3.35. The maximum absolute atomic E-state index is 14.0. The Morgan fingerprint density at radius 1 is 1.11 bits per heavy atom. The van der Waals surface area contributed by atoms with Crippen molar-refractivity contribution in [1.29, 1.82) is 0 Å². The van der Waals surface area contributed by atoms with Gasteiger partial charge in [-0.15, -0.1) is 13.2 Å². The number of aryl methyl sites for hydroxylation is 1. The fourth-order valence-corrected chi connectivity index (χ4v) is 5.40. The molecule has 3 heterocycles. The quantitative estimate of drug-likeness (QED) is 0.226. The first-order valence-electron chi connectivity index (χ1n) is 14.7. The van der Waals surface area contributed by atoms with E-state index in [1.165, 1.54) is 0 Å². The van der Waals surface area contributed by atoms with Crippen molar-refractivity contribution in [3.8, 4) is 0 Å². The van der Waals surface area contributed by atoms with Gasteiger partial charge >= 0.3 is 5.97 Å². The highest BCUT2D eigenvalue weighted by atomic mass is 19.2. The Hall–Kier alpha value is -3.67. The molecule has 1 fully saturated rings. The van der Waals surface area contributed by atoms with Crippen molar-refractivity contribution in [3.05, 3.63) is 83.2 Å². The van der Waals surface area contributed by atoms with Crippen molar-refractivity contribution in [1.82, 2.24) is 14.6 Å². The minimum absolute atomic E-state index is 0.0364. The molecule has 2 aromatic heterocycles. The number of piperidine rings is 1. The van der Waals surface area contributed by atoms with Gasteiger partial charge in [0.1, 0.15) is 5.82 Å². The summed E-state index contributed by atoms with van der Waals surface area (Å²) in [5.41, 5.74) is 2.04. The van der Waals surface area contributed by atoms with Gasteiger partial charge in [0.15, 0.2) is 23.4 Å². The molecule has 11 heteroatoms. The summed E-state index contributed by atoms with van der Waals surface area (Å²) in [6, 6.07) is 4.07. The summed E-state index contributed by atoms with van der Waals surface area (Å²) in [7, 11) is 0. The van der Waals surface area contributed by atoms with E-state index in [9.17, 15) is 18.7 Å². The summed E-state index contributed by atoms with van der Waals surface area (Å²) in [5.74, 6) is -2.40. The standard InChI is InChI=1S/C33H42F2N4O5/c1-8-10-22-16-25(34)26(35)17-23(22)19-42-20-24-18-27-36-21(3)28(29(31(40)41)44-32(4,5)6)30(39(27)37-24)38-13-11-33(7,12-14-38)43-15-9-2/h8-9,16-18,29H,1-2,10-15,19-20H2,3-7H3,(H,40,41). The maximum Gasteiger partial charge on any atom is 0.337 e. The van der Waals surface area contributed by atoms with Crippen LogP contribution in [0.15, 0.2) is 43.5 Å². The van der Waals surface area contributed by atoms with Gasteiger partial charge in [-0.05, 0) is 77.1 Å². The summed E-state index contributed by atoms with van der Waals surface area (Å²) >= 11 is 0. The number of hydrogen-bond donors (Lipinski definition) is 1. The van der Waals surface area contributed by atoms with Crippen LogP contribution in [0.25, 0.3) is 5.65 Å². The number of aromatic nitrogens is 3. The van der Waals surface area contributed by atoms with Gasteiger partial charge in [-0.25, -0.2) is 18.6 Å². The molecule has 44 heavy (non-hydrogen) atoms. The normalized spacial score (nSPS) is 15.8. The molecule has 0 aliphatic carbocycles. The Bertz CT molecular complexity index is 1520. The van der Waals surface area contributed by atoms with Crippen LogP contribution in [0, 0.1) is 18.6 Å². The Morgan fingerprint density at radius 3 is 2.36 bits per heavy atom. The molecule has 1 saturated heterocycles. The van der Waals surface area contributed by atoms with Crippen LogP contribution in [0.4, 0.5) is 14.6 Å². The number of fused-ring (bicyclic) bond motifs is 1. The lowest BCUT2D eigenvalue weighted by atomic mass is 9.92. The van der Waals surface area contributed by atoms with Crippen LogP contribution in [0.1, 0.15) is 74.7 Å². The molecular formula is C33H42F2N4O5. The number of ether oxygens (including phenoxy) is 3. The molecule has 3 aromatic rings. The topological polar surface area (TPSA) is 98.4 Å². The number of halogens is 2. The second-order valence-electron chi connectivity index (χ2n) is 12.3. The van der Waals surface area contributed by atoms with E-state index in [1.807, 2.05) is 20.8 Å². The second kappa shape index (κ2) is 13.5. The van der Waals surface area contributed by atoms with Crippen molar-refractivity contribution >= 4 is 17.4 Å². The van der Waals surface area contributed by atoms with Gasteiger partial charge in [-0.3, -0.25) is 0 Å². The molecule has 4 rings (SSSR count). The second-order valence-corrected chi connectivity index (χ2v) is 12.3. The first-order valence-corrected chi connectivity index (χ1v) is 14.7. The minimum atomic E-state index is -1.28. The maximum atomic E-state index is 14.0. The van der Waals surface area contributed by atoms with Crippen molar-refractivity contribution in [2.24, 2.45) is 0 Å². The first kappa shape index (κ1) is 33.2. The van der Waals surface area contributed by atoms with Gasteiger partial charge in [0.2, 0.25) is 0 Å². The Balaban J connectivity index is 1.70. The number of carboxylic acid groups (broad SMARTS) is 1. The summed E-state index contributed by atoms with van der Waals surface area (Å²) < 4.78 is 47.5. The summed E-state index contributed by atoms with van der Waals surface area (Å²) in [5, 5.41) is 15.1. The van der Waals surface area contributed by atoms with Crippen LogP contribution in [0.3, 0.4) is 0 Å². The molecule has 0 saturated carbocycles. The third-order valence-corrected chi connectivity index (χ3v) is 7.60. The lowest BCUT2D eigenvalue weighted by molar-refractivity contribution is -0.160. The number of allylic oxidation sites excluding steroid dienone is 1. The number of benzene rings is 1. The van der Waals surface area contributed by atoms with Crippen molar-refractivity contribution in [3.63, 3.8) is 0 Å². The zero-order valence-electron chi connectivity index (χ0n) is 26.2. The van der Waals surface area contributed by atoms with Crippen LogP contribution in [0.5, 0.6) is 0 Å². The molecule has 0 bridgehead atoms. The van der Waals surface area contributed by atoms with Crippen molar-refractivity contribution < 1.29 is 32.9 Å². The molecule has 0 spiro atoms. The highest BCUT2D eigenvalue weighted by molar-refractivity contribution is 5.78. The van der Waals surface area contributed by atoms with Crippen LogP contribution in [-0.4, -0.2) is 56.6 Å². The fraction of sp³-hybridized carbons (Fsp3) is 0.485.